The van der Waals surface area contributed by atoms with Crippen molar-refractivity contribution in [2.24, 2.45) is 5.92 Å². The van der Waals surface area contributed by atoms with Crippen molar-refractivity contribution in [3.63, 3.8) is 0 Å². The molecule has 1 N–H and O–H groups in total. The Labute approximate surface area is 116 Å². The van der Waals surface area contributed by atoms with E-state index < -0.39 is 0 Å². The molecular weight excluding hydrogens is 263 g/mol. The second-order valence-electron chi connectivity index (χ2n) is 5.71. The third-order valence-electron chi connectivity index (χ3n) is 4.64. The zero-order valence-corrected chi connectivity index (χ0v) is 11.4. The third-order valence-corrected chi connectivity index (χ3v) is 4.88. The van der Waals surface area contributed by atoms with Crippen LogP contribution in [0.5, 0.6) is 0 Å². The van der Waals surface area contributed by atoms with Crippen LogP contribution in [0.25, 0.3) is 0 Å². The minimum atomic E-state index is -0.148. The van der Waals surface area contributed by atoms with Crippen LogP contribution >= 0.6 is 11.6 Å². The van der Waals surface area contributed by atoms with Crippen molar-refractivity contribution >= 4 is 11.6 Å². The molecule has 1 aromatic carbocycles. The lowest BCUT2D eigenvalue weighted by molar-refractivity contribution is 0.426. The fourth-order valence-corrected chi connectivity index (χ4v) is 3.88. The van der Waals surface area contributed by atoms with Gasteiger partial charge in [0.05, 0.1) is 0 Å². The zero-order valence-electron chi connectivity index (χ0n) is 10.6. The van der Waals surface area contributed by atoms with Gasteiger partial charge in [-0.3, -0.25) is 0 Å². The summed E-state index contributed by atoms with van der Waals surface area (Å²) in [7, 11) is 0. The predicted molar refractivity (Wildman–Crippen MR) is 72.9 cm³/mol. The molecule has 4 rings (SSSR count). The first-order chi connectivity index (χ1) is 9.03. The van der Waals surface area contributed by atoms with Gasteiger partial charge in [0.15, 0.2) is 0 Å². The number of rotatable bonds is 1. The van der Waals surface area contributed by atoms with Crippen molar-refractivity contribution in [1.29, 1.82) is 0 Å². The van der Waals surface area contributed by atoms with Gasteiger partial charge in [-0.2, -0.15) is 0 Å². The molecule has 2 fully saturated rings. The molecule has 1 saturated carbocycles. The Kier molecular flexibility index (Phi) is 2.00. The normalized spacial score (nSPS) is 31.4. The molecule has 0 amide bonds. The minimum Gasteiger partial charge on any atom is -0.344 e. The lowest BCUT2D eigenvalue weighted by Gasteiger charge is -2.21. The number of nitrogens with one attached hydrogen (secondary N) is 1. The van der Waals surface area contributed by atoms with Gasteiger partial charge in [0.1, 0.15) is 11.6 Å². The number of hydrogen-bond acceptors (Lipinski definition) is 2. The summed E-state index contributed by atoms with van der Waals surface area (Å²) < 4.78 is 14.1. The van der Waals surface area contributed by atoms with Crippen LogP contribution < -0.4 is 5.32 Å². The first kappa shape index (κ1) is 11.4. The van der Waals surface area contributed by atoms with E-state index in [9.17, 15) is 4.39 Å². The van der Waals surface area contributed by atoms with E-state index in [2.05, 4.69) is 23.7 Å². The number of fused-ring (bicyclic) bond motifs is 3. The average molecular weight is 277 g/mol. The minimum absolute atomic E-state index is 0.101. The zero-order chi connectivity index (χ0) is 13.4. The second kappa shape index (κ2) is 3.34. The molecular formula is C15H14ClFN2. The van der Waals surface area contributed by atoms with Crippen LogP contribution in [0.2, 0.25) is 5.02 Å². The highest BCUT2D eigenvalue weighted by Gasteiger charge is 2.66. The molecule has 19 heavy (non-hydrogen) atoms. The molecule has 0 spiro atoms. The summed E-state index contributed by atoms with van der Waals surface area (Å²) in [4.78, 5) is 2.18. The molecule has 0 radical (unpaired) electrons. The maximum absolute atomic E-state index is 14.1. The number of allylic oxidation sites excluding steroid dienone is 2. The van der Waals surface area contributed by atoms with E-state index >= 15 is 0 Å². The molecule has 1 aromatic rings. The number of hydrogen-bond donors (Lipinski definition) is 1. The van der Waals surface area contributed by atoms with Crippen molar-refractivity contribution in [1.82, 2.24) is 10.2 Å². The van der Waals surface area contributed by atoms with Crippen molar-refractivity contribution in [2.45, 2.75) is 18.8 Å². The molecule has 98 valence electrons. The van der Waals surface area contributed by atoms with Crippen LogP contribution in [-0.4, -0.2) is 11.4 Å². The first-order valence-electron chi connectivity index (χ1n) is 6.43. The van der Waals surface area contributed by atoms with Crippen molar-refractivity contribution in [3.05, 3.63) is 58.4 Å². The Morgan fingerprint density at radius 3 is 3.05 bits per heavy atom. The highest BCUT2D eigenvalue weighted by Crippen LogP contribution is 2.66. The van der Waals surface area contributed by atoms with Crippen molar-refractivity contribution < 1.29 is 4.39 Å². The van der Waals surface area contributed by atoms with E-state index in [1.165, 1.54) is 11.8 Å². The van der Waals surface area contributed by atoms with Gasteiger partial charge >= 0.3 is 0 Å². The quantitative estimate of drug-likeness (QED) is 0.846. The summed E-state index contributed by atoms with van der Waals surface area (Å²) in [5.74, 6) is 1.15. The molecule has 3 aliphatic rings. The topological polar surface area (TPSA) is 15.3 Å². The summed E-state index contributed by atoms with van der Waals surface area (Å²) >= 11 is 6.03. The van der Waals surface area contributed by atoms with Crippen LogP contribution in [0, 0.1) is 11.7 Å². The molecule has 2 atom stereocenters. The average Bonchev–Trinajstić information content (AvgIpc) is 2.87. The largest absolute Gasteiger partial charge is 0.344 e. The monoisotopic (exact) mass is 276 g/mol. The molecule has 1 saturated heterocycles. The van der Waals surface area contributed by atoms with E-state index in [1.54, 1.807) is 12.1 Å². The maximum atomic E-state index is 14.1. The highest BCUT2D eigenvalue weighted by atomic mass is 35.5. The molecule has 0 aromatic heterocycles. The van der Waals surface area contributed by atoms with Gasteiger partial charge in [-0.1, -0.05) is 18.2 Å². The first-order valence-corrected chi connectivity index (χ1v) is 6.80. The number of piperidine rings is 1. The Hall–Kier alpha value is -1.48. The van der Waals surface area contributed by atoms with E-state index in [0.717, 1.165) is 30.0 Å². The summed E-state index contributed by atoms with van der Waals surface area (Å²) in [6, 6.07) is 4.86. The van der Waals surface area contributed by atoms with Gasteiger partial charge < -0.3 is 10.2 Å². The molecule has 2 aliphatic heterocycles. The van der Waals surface area contributed by atoms with Gasteiger partial charge in [-0.15, -0.1) is 0 Å². The van der Waals surface area contributed by atoms with E-state index in [-0.39, 0.29) is 11.2 Å². The van der Waals surface area contributed by atoms with Crippen molar-refractivity contribution in [3.8, 4) is 0 Å². The van der Waals surface area contributed by atoms with Gasteiger partial charge in [-0.25, -0.2) is 4.39 Å². The smallest absolute Gasteiger partial charge is 0.127 e. The predicted octanol–water partition coefficient (Wildman–Crippen LogP) is 3.36. The standard InChI is InChI=1S/C15H14ClFN2/c1-8-14-12-6-15(12,7-19(14)9(2)18-8)11-5-10(16)3-4-13(11)17/h3-5,12,18H,2,6-7H2,1H3/t12-,15+/m0/s1. The SMILES string of the molecule is C=C1NC(C)=C2[C@@H]3C[C@]3(c3cc(Cl)ccc3F)CN12. The molecule has 0 bridgehead atoms. The molecule has 2 nitrogen and oxygen atoms in total. The van der Waals surface area contributed by atoms with Crippen LogP contribution in [0.4, 0.5) is 4.39 Å². The lowest BCUT2D eigenvalue weighted by Crippen LogP contribution is -2.26. The Morgan fingerprint density at radius 1 is 1.53 bits per heavy atom. The fourth-order valence-electron chi connectivity index (χ4n) is 3.71. The highest BCUT2D eigenvalue weighted by molar-refractivity contribution is 6.30. The number of nitrogens with zero attached hydrogens (tertiary/aromatic N) is 1. The summed E-state index contributed by atoms with van der Waals surface area (Å²) in [6.07, 6.45) is 1.00. The summed E-state index contributed by atoms with van der Waals surface area (Å²) in [5.41, 5.74) is 3.09. The molecule has 4 heteroatoms. The Morgan fingerprint density at radius 2 is 2.32 bits per heavy atom. The lowest BCUT2D eigenvalue weighted by atomic mass is 9.94. The second-order valence-corrected chi connectivity index (χ2v) is 6.14. The van der Waals surface area contributed by atoms with Crippen molar-refractivity contribution in [2.75, 3.05) is 6.54 Å². The molecule has 1 aliphatic carbocycles. The van der Waals surface area contributed by atoms with Gasteiger partial charge in [0.25, 0.3) is 0 Å². The van der Waals surface area contributed by atoms with Crippen LogP contribution in [-0.2, 0) is 5.41 Å². The van der Waals surface area contributed by atoms with Gasteiger partial charge in [0, 0.05) is 34.3 Å². The van der Waals surface area contributed by atoms with E-state index in [1.807, 2.05) is 0 Å². The molecule has 0 unspecified atom stereocenters. The van der Waals surface area contributed by atoms with Crippen LogP contribution in [0.15, 0.2) is 42.0 Å². The van der Waals surface area contributed by atoms with E-state index in [0.29, 0.717) is 10.9 Å². The number of benzene rings is 1. The summed E-state index contributed by atoms with van der Waals surface area (Å²) in [5, 5.41) is 3.86. The molecule has 2 heterocycles. The Bertz CT molecular complexity index is 652. The Balaban J connectivity index is 1.82. The summed E-state index contributed by atoms with van der Waals surface area (Å²) in [6.45, 7) is 6.88. The van der Waals surface area contributed by atoms with Crippen LogP contribution in [0.1, 0.15) is 18.9 Å². The number of halogens is 2. The van der Waals surface area contributed by atoms with E-state index in [4.69, 9.17) is 11.6 Å². The van der Waals surface area contributed by atoms with Gasteiger partial charge in [0.2, 0.25) is 0 Å². The third kappa shape index (κ3) is 1.31. The maximum Gasteiger partial charge on any atom is 0.127 e. The van der Waals surface area contributed by atoms with Crippen LogP contribution in [0.3, 0.4) is 0 Å². The van der Waals surface area contributed by atoms with Gasteiger partial charge in [-0.05, 0) is 37.1 Å². The fraction of sp³-hybridized carbons (Fsp3) is 0.333.